The Bertz CT molecular complexity index is 216. The summed E-state index contributed by atoms with van der Waals surface area (Å²) in [5, 5.41) is 0.0703. The van der Waals surface area contributed by atoms with Crippen molar-refractivity contribution in [2.24, 2.45) is 0 Å². The Balaban J connectivity index is 2.83. The highest BCUT2D eigenvalue weighted by Crippen LogP contribution is 2.21. The summed E-state index contributed by atoms with van der Waals surface area (Å²) in [6.07, 6.45) is 0. The molecule has 0 saturated heterocycles. The van der Waals surface area contributed by atoms with Gasteiger partial charge in [-0.3, -0.25) is 0 Å². The zero-order valence-electron chi connectivity index (χ0n) is 6.67. The lowest BCUT2D eigenvalue weighted by molar-refractivity contribution is 0.414. The van der Waals surface area contributed by atoms with E-state index < -0.39 is 0 Å². The van der Waals surface area contributed by atoms with Crippen molar-refractivity contribution in [3.63, 3.8) is 0 Å². The van der Waals surface area contributed by atoms with Crippen LogP contribution in [0.25, 0.3) is 0 Å². The minimum absolute atomic E-state index is 0.0703. The van der Waals surface area contributed by atoms with Gasteiger partial charge in [0.1, 0.15) is 5.75 Å². The fraction of sp³-hybridized carbons (Fsp3) is 0.333. The Labute approximate surface area is 71.9 Å². The number of rotatable bonds is 2. The van der Waals surface area contributed by atoms with Gasteiger partial charge in [0.05, 0.1) is 12.5 Å². The SMILES string of the molecule is COc1ccc([C@@H](C)Cl)cc1. The maximum absolute atomic E-state index is 5.86. The monoisotopic (exact) mass is 170 g/mol. The van der Waals surface area contributed by atoms with E-state index in [1.165, 1.54) is 0 Å². The van der Waals surface area contributed by atoms with Gasteiger partial charge in [0, 0.05) is 0 Å². The molecule has 1 rings (SSSR count). The zero-order chi connectivity index (χ0) is 8.27. The van der Waals surface area contributed by atoms with E-state index in [4.69, 9.17) is 16.3 Å². The molecule has 0 aromatic heterocycles. The highest BCUT2D eigenvalue weighted by Gasteiger charge is 1.99. The molecule has 0 N–H and O–H groups in total. The number of hydrogen-bond donors (Lipinski definition) is 0. The van der Waals surface area contributed by atoms with Crippen molar-refractivity contribution in [1.29, 1.82) is 0 Å². The van der Waals surface area contributed by atoms with Gasteiger partial charge in [0.15, 0.2) is 0 Å². The summed E-state index contributed by atoms with van der Waals surface area (Å²) < 4.78 is 5.01. The fourth-order valence-corrected chi connectivity index (χ4v) is 1.01. The van der Waals surface area contributed by atoms with E-state index in [0.717, 1.165) is 11.3 Å². The van der Waals surface area contributed by atoms with Crippen LogP contribution in [0.1, 0.15) is 17.9 Å². The minimum atomic E-state index is 0.0703. The van der Waals surface area contributed by atoms with Crippen molar-refractivity contribution in [2.75, 3.05) is 7.11 Å². The molecule has 60 valence electrons. The third-order valence-electron chi connectivity index (χ3n) is 1.58. The lowest BCUT2D eigenvalue weighted by Gasteiger charge is -2.03. The van der Waals surface area contributed by atoms with Gasteiger partial charge in [-0.05, 0) is 24.6 Å². The molecule has 0 fully saturated rings. The third-order valence-corrected chi connectivity index (χ3v) is 1.83. The lowest BCUT2D eigenvalue weighted by atomic mass is 10.2. The summed E-state index contributed by atoms with van der Waals surface area (Å²) in [4.78, 5) is 0. The van der Waals surface area contributed by atoms with Crippen molar-refractivity contribution in [1.82, 2.24) is 0 Å². The normalized spacial score (nSPS) is 12.6. The second kappa shape index (κ2) is 3.63. The first-order valence-electron chi connectivity index (χ1n) is 3.52. The summed E-state index contributed by atoms with van der Waals surface area (Å²) >= 11 is 5.86. The molecule has 0 aliphatic rings. The van der Waals surface area contributed by atoms with Crippen LogP contribution in [-0.4, -0.2) is 7.11 Å². The number of halogens is 1. The first kappa shape index (κ1) is 8.41. The molecule has 2 heteroatoms. The van der Waals surface area contributed by atoms with Crippen LogP contribution in [0, 0.1) is 0 Å². The number of methoxy groups -OCH3 is 1. The summed E-state index contributed by atoms with van der Waals surface area (Å²) in [7, 11) is 1.65. The largest absolute Gasteiger partial charge is 0.497 e. The molecule has 1 nitrogen and oxygen atoms in total. The Morgan fingerprint density at radius 2 is 1.82 bits per heavy atom. The molecule has 0 spiro atoms. The first-order valence-corrected chi connectivity index (χ1v) is 3.95. The molecule has 0 aliphatic heterocycles. The van der Waals surface area contributed by atoms with Crippen LogP contribution in [-0.2, 0) is 0 Å². The van der Waals surface area contributed by atoms with Gasteiger partial charge in [0.2, 0.25) is 0 Å². The van der Waals surface area contributed by atoms with Gasteiger partial charge in [-0.2, -0.15) is 0 Å². The average molecular weight is 171 g/mol. The van der Waals surface area contributed by atoms with E-state index in [9.17, 15) is 0 Å². The van der Waals surface area contributed by atoms with E-state index in [2.05, 4.69) is 0 Å². The highest BCUT2D eigenvalue weighted by molar-refractivity contribution is 6.20. The van der Waals surface area contributed by atoms with E-state index in [0.29, 0.717) is 0 Å². The van der Waals surface area contributed by atoms with Crippen LogP contribution in [0.15, 0.2) is 24.3 Å². The molecular formula is C9H11ClO. The van der Waals surface area contributed by atoms with Crippen molar-refractivity contribution in [2.45, 2.75) is 12.3 Å². The molecule has 0 unspecified atom stereocenters. The van der Waals surface area contributed by atoms with Gasteiger partial charge in [-0.15, -0.1) is 11.6 Å². The molecule has 0 saturated carbocycles. The van der Waals surface area contributed by atoms with Gasteiger partial charge in [-0.25, -0.2) is 0 Å². The average Bonchev–Trinajstić information content (AvgIpc) is 2.05. The van der Waals surface area contributed by atoms with Crippen molar-refractivity contribution in [3.8, 4) is 5.75 Å². The van der Waals surface area contributed by atoms with E-state index >= 15 is 0 Å². The van der Waals surface area contributed by atoms with Crippen LogP contribution in [0.2, 0.25) is 0 Å². The molecular weight excluding hydrogens is 160 g/mol. The Hall–Kier alpha value is -0.690. The van der Waals surface area contributed by atoms with Gasteiger partial charge in [-0.1, -0.05) is 12.1 Å². The maximum atomic E-state index is 5.86. The van der Waals surface area contributed by atoms with Crippen LogP contribution in [0.5, 0.6) is 5.75 Å². The summed E-state index contributed by atoms with van der Waals surface area (Å²) in [5.74, 6) is 0.867. The molecule has 0 heterocycles. The molecule has 1 aromatic carbocycles. The van der Waals surface area contributed by atoms with E-state index in [-0.39, 0.29) is 5.38 Å². The molecule has 11 heavy (non-hydrogen) atoms. The molecule has 1 atom stereocenters. The van der Waals surface area contributed by atoms with Crippen LogP contribution < -0.4 is 4.74 Å². The quantitative estimate of drug-likeness (QED) is 0.620. The Kier molecular flexibility index (Phi) is 2.77. The topological polar surface area (TPSA) is 9.23 Å². The molecule has 0 aliphatic carbocycles. The fourth-order valence-electron chi connectivity index (χ4n) is 0.869. The third kappa shape index (κ3) is 2.12. The highest BCUT2D eigenvalue weighted by atomic mass is 35.5. The van der Waals surface area contributed by atoms with Crippen molar-refractivity contribution in [3.05, 3.63) is 29.8 Å². The summed E-state index contributed by atoms with van der Waals surface area (Å²) in [5.41, 5.74) is 1.12. The van der Waals surface area contributed by atoms with Crippen LogP contribution >= 0.6 is 11.6 Å². The molecule has 1 aromatic rings. The number of alkyl halides is 1. The van der Waals surface area contributed by atoms with Gasteiger partial charge >= 0.3 is 0 Å². The van der Waals surface area contributed by atoms with Crippen LogP contribution in [0.3, 0.4) is 0 Å². The Morgan fingerprint density at radius 3 is 2.18 bits per heavy atom. The van der Waals surface area contributed by atoms with E-state index in [1.807, 2.05) is 31.2 Å². The van der Waals surface area contributed by atoms with Gasteiger partial charge < -0.3 is 4.74 Å². The predicted molar refractivity (Wildman–Crippen MR) is 47.3 cm³/mol. The second-order valence-electron chi connectivity index (χ2n) is 2.39. The molecule has 0 radical (unpaired) electrons. The number of hydrogen-bond acceptors (Lipinski definition) is 1. The standard InChI is InChI=1S/C9H11ClO/c1-7(10)8-3-5-9(11-2)6-4-8/h3-7H,1-2H3/t7-/m1/s1. The molecule has 0 amide bonds. The van der Waals surface area contributed by atoms with E-state index in [1.54, 1.807) is 7.11 Å². The van der Waals surface area contributed by atoms with Gasteiger partial charge in [0.25, 0.3) is 0 Å². The summed E-state index contributed by atoms with van der Waals surface area (Å²) in [6.45, 7) is 1.95. The molecule has 0 bridgehead atoms. The summed E-state index contributed by atoms with van der Waals surface area (Å²) in [6, 6.07) is 7.76. The minimum Gasteiger partial charge on any atom is -0.497 e. The maximum Gasteiger partial charge on any atom is 0.118 e. The smallest absolute Gasteiger partial charge is 0.118 e. The second-order valence-corrected chi connectivity index (χ2v) is 3.04. The zero-order valence-corrected chi connectivity index (χ0v) is 7.43. The Morgan fingerprint density at radius 1 is 1.27 bits per heavy atom. The number of ether oxygens (including phenoxy) is 1. The lowest BCUT2D eigenvalue weighted by Crippen LogP contribution is -1.85. The van der Waals surface area contributed by atoms with Crippen molar-refractivity contribution < 1.29 is 4.74 Å². The predicted octanol–water partition coefficient (Wildman–Crippen LogP) is 3.00. The number of benzene rings is 1. The van der Waals surface area contributed by atoms with Crippen molar-refractivity contribution >= 4 is 11.6 Å². The van der Waals surface area contributed by atoms with Crippen LogP contribution in [0.4, 0.5) is 0 Å². The first-order chi connectivity index (χ1) is 5.24.